The van der Waals surface area contributed by atoms with E-state index in [1.165, 1.54) is 19.4 Å². The van der Waals surface area contributed by atoms with Gasteiger partial charge in [0.15, 0.2) is 6.61 Å². The molecular weight excluding hydrogens is 406 g/mol. The van der Waals surface area contributed by atoms with Crippen molar-refractivity contribution in [3.63, 3.8) is 0 Å². The third kappa shape index (κ3) is 6.44. The number of hydrogen-bond acceptors (Lipinski definition) is 4. The van der Waals surface area contributed by atoms with Crippen LogP contribution in [0.4, 0.5) is 0 Å². The molecule has 0 aliphatic carbocycles. The second-order valence-electron chi connectivity index (χ2n) is 6.62. The number of benzene rings is 1. The van der Waals surface area contributed by atoms with Gasteiger partial charge in [-0.25, -0.2) is 0 Å². The number of rotatable bonds is 5. The number of amides is 1. The Hall–Kier alpha value is -0.820. The maximum atomic E-state index is 12.3. The number of ether oxygens (including phenoxy) is 1. The Morgan fingerprint density at radius 2 is 1.76 bits per heavy atom. The van der Waals surface area contributed by atoms with E-state index in [9.17, 15) is 4.79 Å². The molecule has 5 nitrogen and oxygen atoms in total. The molecule has 2 aliphatic heterocycles. The van der Waals surface area contributed by atoms with Gasteiger partial charge in [0.2, 0.25) is 0 Å². The molecule has 1 N–H and O–H groups in total. The minimum atomic E-state index is 0. The standard InChI is InChI=1S/C18H26BrN3O2.ClH/c19-16-1-3-17(4-2-16)24-14-18(23)22-11-9-21(10-12-22)13-15-5-7-20-8-6-15;/h1-4,15,20H,5-14H2;1H. The van der Waals surface area contributed by atoms with E-state index in [1.807, 2.05) is 29.2 Å². The summed E-state index contributed by atoms with van der Waals surface area (Å²) in [6.45, 7) is 7.19. The van der Waals surface area contributed by atoms with E-state index in [2.05, 4.69) is 26.1 Å². The highest BCUT2D eigenvalue weighted by molar-refractivity contribution is 9.10. The Morgan fingerprint density at radius 1 is 1.12 bits per heavy atom. The first-order valence-corrected chi connectivity index (χ1v) is 9.59. The normalized spacial score (nSPS) is 19.3. The molecule has 2 aliphatic rings. The highest BCUT2D eigenvalue weighted by Gasteiger charge is 2.24. The molecule has 1 aromatic rings. The summed E-state index contributed by atoms with van der Waals surface area (Å²) in [6, 6.07) is 7.57. The SMILES string of the molecule is Cl.O=C(COc1ccc(Br)cc1)N1CCN(CC2CCNCC2)CC1. The Labute approximate surface area is 164 Å². The molecule has 2 fully saturated rings. The number of piperazine rings is 1. The van der Waals surface area contributed by atoms with Gasteiger partial charge in [0.05, 0.1) is 0 Å². The lowest BCUT2D eigenvalue weighted by atomic mass is 9.97. The maximum Gasteiger partial charge on any atom is 0.260 e. The van der Waals surface area contributed by atoms with E-state index < -0.39 is 0 Å². The van der Waals surface area contributed by atoms with Gasteiger partial charge in [-0.2, -0.15) is 0 Å². The third-order valence-electron chi connectivity index (χ3n) is 4.88. The number of hydrogen-bond donors (Lipinski definition) is 1. The Morgan fingerprint density at radius 3 is 2.40 bits per heavy atom. The number of nitrogens with zero attached hydrogens (tertiary/aromatic N) is 2. The van der Waals surface area contributed by atoms with Crippen molar-refractivity contribution in [1.82, 2.24) is 15.1 Å². The fourth-order valence-electron chi connectivity index (χ4n) is 3.38. The summed E-state index contributed by atoms with van der Waals surface area (Å²) in [5, 5.41) is 3.42. The summed E-state index contributed by atoms with van der Waals surface area (Å²) in [5.41, 5.74) is 0. The van der Waals surface area contributed by atoms with Crippen LogP contribution < -0.4 is 10.1 Å². The van der Waals surface area contributed by atoms with Crippen LogP contribution in [0.5, 0.6) is 5.75 Å². The molecule has 1 aromatic carbocycles. The highest BCUT2D eigenvalue weighted by Crippen LogP contribution is 2.17. The molecule has 0 bridgehead atoms. The molecule has 7 heteroatoms. The van der Waals surface area contributed by atoms with Gasteiger partial charge in [0, 0.05) is 37.2 Å². The van der Waals surface area contributed by atoms with Crippen molar-refractivity contribution in [2.24, 2.45) is 5.92 Å². The molecule has 0 saturated carbocycles. The van der Waals surface area contributed by atoms with Crippen molar-refractivity contribution < 1.29 is 9.53 Å². The zero-order valence-corrected chi connectivity index (χ0v) is 16.9. The zero-order valence-electron chi connectivity index (χ0n) is 14.5. The quantitative estimate of drug-likeness (QED) is 0.776. The van der Waals surface area contributed by atoms with E-state index in [0.717, 1.165) is 55.4 Å². The van der Waals surface area contributed by atoms with Crippen LogP contribution in [0.2, 0.25) is 0 Å². The topological polar surface area (TPSA) is 44.8 Å². The maximum absolute atomic E-state index is 12.3. The van der Waals surface area contributed by atoms with Gasteiger partial charge in [0.25, 0.3) is 5.91 Å². The van der Waals surface area contributed by atoms with Gasteiger partial charge < -0.3 is 15.0 Å². The molecule has 2 heterocycles. The minimum Gasteiger partial charge on any atom is -0.484 e. The zero-order chi connectivity index (χ0) is 16.8. The molecule has 25 heavy (non-hydrogen) atoms. The predicted octanol–water partition coefficient (Wildman–Crippen LogP) is 2.39. The monoisotopic (exact) mass is 431 g/mol. The molecule has 0 spiro atoms. The van der Waals surface area contributed by atoms with Gasteiger partial charge in [0.1, 0.15) is 5.75 Å². The van der Waals surface area contributed by atoms with Gasteiger partial charge >= 0.3 is 0 Å². The van der Waals surface area contributed by atoms with Crippen LogP contribution in [-0.2, 0) is 4.79 Å². The summed E-state index contributed by atoms with van der Waals surface area (Å²) >= 11 is 3.39. The molecule has 0 aromatic heterocycles. The molecule has 3 rings (SSSR count). The molecule has 1 amide bonds. The molecule has 2 saturated heterocycles. The molecule has 0 atom stereocenters. The lowest BCUT2D eigenvalue weighted by molar-refractivity contribution is -0.135. The summed E-state index contributed by atoms with van der Waals surface area (Å²) in [7, 11) is 0. The van der Waals surface area contributed by atoms with Crippen molar-refractivity contribution in [3.05, 3.63) is 28.7 Å². The second-order valence-corrected chi connectivity index (χ2v) is 7.53. The largest absolute Gasteiger partial charge is 0.484 e. The number of carbonyl (C=O) groups is 1. The summed E-state index contributed by atoms with van der Waals surface area (Å²) in [6.07, 6.45) is 2.56. The molecule has 0 radical (unpaired) electrons. The van der Waals surface area contributed by atoms with E-state index in [0.29, 0.717) is 0 Å². The number of halogens is 2. The van der Waals surface area contributed by atoms with Crippen LogP contribution in [0, 0.1) is 5.92 Å². The second kappa shape index (κ2) is 10.4. The van der Waals surface area contributed by atoms with Gasteiger partial charge in [-0.05, 0) is 56.1 Å². The summed E-state index contributed by atoms with van der Waals surface area (Å²) < 4.78 is 6.60. The first-order chi connectivity index (χ1) is 11.7. The number of piperidine rings is 1. The van der Waals surface area contributed by atoms with E-state index in [1.54, 1.807) is 0 Å². The van der Waals surface area contributed by atoms with Crippen LogP contribution in [0.3, 0.4) is 0 Å². The number of carbonyl (C=O) groups excluding carboxylic acids is 1. The van der Waals surface area contributed by atoms with Gasteiger partial charge in [-0.15, -0.1) is 12.4 Å². The fourth-order valence-corrected chi connectivity index (χ4v) is 3.64. The number of nitrogens with one attached hydrogen (secondary N) is 1. The van der Waals surface area contributed by atoms with Crippen LogP contribution >= 0.6 is 28.3 Å². The van der Waals surface area contributed by atoms with Gasteiger partial charge in [-0.3, -0.25) is 9.69 Å². The van der Waals surface area contributed by atoms with Crippen LogP contribution in [0.15, 0.2) is 28.7 Å². The average Bonchev–Trinajstić information content (AvgIpc) is 2.62. The smallest absolute Gasteiger partial charge is 0.260 e. The molecular formula is C18H27BrClN3O2. The molecule has 140 valence electrons. The first-order valence-electron chi connectivity index (χ1n) is 8.80. The van der Waals surface area contributed by atoms with E-state index in [4.69, 9.17) is 4.74 Å². The predicted molar refractivity (Wildman–Crippen MR) is 105 cm³/mol. The third-order valence-corrected chi connectivity index (χ3v) is 5.40. The van der Waals surface area contributed by atoms with Crippen molar-refractivity contribution in [3.8, 4) is 5.75 Å². The van der Waals surface area contributed by atoms with Crippen LogP contribution in [-0.4, -0.2) is 68.1 Å². The molecule has 0 unspecified atom stereocenters. The van der Waals surface area contributed by atoms with E-state index >= 15 is 0 Å². The lowest BCUT2D eigenvalue weighted by Gasteiger charge is -2.37. The van der Waals surface area contributed by atoms with Crippen molar-refractivity contribution in [1.29, 1.82) is 0 Å². The average molecular weight is 433 g/mol. The van der Waals surface area contributed by atoms with Crippen LogP contribution in [0.25, 0.3) is 0 Å². The summed E-state index contributed by atoms with van der Waals surface area (Å²) in [5.74, 6) is 1.63. The van der Waals surface area contributed by atoms with E-state index in [-0.39, 0.29) is 24.9 Å². The fraction of sp³-hybridized carbons (Fsp3) is 0.611. The Bertz CT molecular complexity index is 530. The minimum absolute atomic E-state index is 0. The van der Waals surface area contributed by atoms with Crippen molar-refractivity contribution >= 4 is 34.2 Å². The first kappa shape index (κ1) is 20.5. The van der Waals surface area contributed by atoms with Crippen molar-refractivity contribution in [2.75, 3.05) is 52.4 Å². The lowest BCUT2D eigenvalue weighted by Crippen LogP contribution is -2.51. The highest BCUT2D eigenvalue weighted by atomic mass is 79.9. The summed E-state index contributed by atoms with van der Waals surface area (Å²) in [4.78, 5) is 16.7. The van der Waals surface area contributed by atoms with Crippen LogP contribution in [0.1, 0.15) is 12.8 Å². The van der Waals surface area contributed by atoms with Crippen molar-refractivity contribution in [2.45, 2.75) is 12.8 Å². The van der Waals surface area contributed by atoms with Gasteiger partial charge in [-0.1, -0.05) is 15.9 Å². The Balaban J connectivity index is 0.00000225. The Kier molecular flexibility index (Phi) is 8.49.